The highest BCUT2D eigenvalue weighted by Gasteiger charge is 2.23. The number of rotatable bonds is 5. The monoisotopic (exact) mass is 220 g/mol. The molecule has 0 aromatic rings. The highest BCUT2D eigenvalue weighted by Crippen LogP contribution is 2.16. The molecule has 1 aliphatic heterocycles. The summed E-state index contributed by atoms with van der Waals surface area (Å²) < 4.78 is 24.4. The maximum absolute atomic E-state index is 12.2. The van der Waals surface area contributed by atoms with Crippen molar-refractivity contribution in [1.29, 1.82) is 0 Å². The summed E-state index contributed by atoms with van der Waals surface area (Å²) in [5.41, 5.74) is 0. The number of hydrogen-bond acceptors (Lipinski definition) is 2. The summed E-state index contributed by atoms with van der Waals surface area (Å²) in [6.07, 6.45) is 1.04. The lowest BCUT2D eigenvalue weighted by Crippen LogP contribution is -2.44. The quantitative estimate of drug-likeness (QED) is 0.699. The van der Waals surface area contributed by atoms with Crippen LogP contribution in [0.25, 0.3) is 0 Å². The van der Waals surface area contributed by atoms with Crippen LogP contribution in [0.2, 0.25) is 0 Å². The van der Waals surface area contributed by atoms with Crippen LogP contribution in [0.3, 0.4) is 0 Å². The first kappa shape index (κ1) is 12.8. The van der Waals surface area contributed by atoms with E-state index in [2.05, 4.69) is 11.8 Å². The van der Waals surface area contributed by atoms with Gasteiger partial charge in [-0.1, -0.05) is 6.92 Å². The molecule has 4 heteroatoms. The normalized spacial score (nSPS) is 20.4. The van der Waals surface area contributed by atoms with Gasteiger partial charge in [-0.3, -0.25) is 4.90 Å². The molecule has 1 heterocycles. The van der Waals surface area contributed by atoms with E-state index in [0.29, 0.717) is 6.04 Å². The van der Waals surface area contributed by atoms with Crippen molar-refractivity contribution >= 4 is 0 Å². The summed E-state index contributed by atoms with van der Waals surface area (Å²) in [6.45, 7) is 5.36. The molecule has 0 aromatic carbocycles. The Balaban J connectivity index is 2.24. The van der Waals surface area contributed by atoms with Gasteiger partial charge in [-0.2, -0.15) is 0 Å². The maximum Gasteiger partial charge on any atom is 0.251 e. The van der Waals surface area contributed by atoms with Gasteiger partial charge in [0.15, 0.2) is 0 Å². The molecule has 1 fully saturated rings. The smallest absolute Gasteiger partial charge is 0.251 e. The Morgan fingerprint density at radius 2 is 1.93 bits per heavy atom. The molecular formula is C11H22F2N2. The molecule has 90 valence electrons. The molecule has 0 atom stereocenters. The molecule has 0 amide bonds. The molecule has 0 unspecified atom stereocenters. The third kappa shape index (κ3) is 4.43. The summed E-state index contributed by atoms with van der Waals surface area (Å²) in [5.74, 6) is 0. The summed E-state index contributed by atoms with van der Waals surface area (Å²) in [6, 6.07) is 0.354. The van der Waals surface area contributed by atoms with Gasteiger partial charge in [0.25, 0.3) is 6.43 Å². The second-order valence-electron chi connectivity index (χ2n) is 4.40. The Kier molecular flexibility index (Phi) is 5.47. The minimum absolute atomic E-state index is 0.0849. The first-order chi connectivity index (χ1) is 7.13. The van der Waals surface area contributed by atoms with Gasteiger partial charge < -0.3 is 4.90 Å². The van der Waals surface area contributed by atoms with Gasteiger partial charge in [0, 0.05) is 6.04 Å². The minimum Gasteiger partial charge on any atom is -0.303 e. The summed E-state index contributed by atoms with van der Waals surface area (Å²) in [5, 5.41) is 0. The third-order valence-electron chi connectivity index (χ3n) is 3.15. The second kappa shape index (κ2) is 6.38. The van der Waals surface area contributed by atoms with E-state index >= 15 is 0 Å². The fraction of sp³-hybridized carbons (Fsp3) is 1.00. The number of hydrogen-bond donors (Lipinski definition) is 0. The largest absolute Gasteiger partial charge is 0.303 e. The van der Waals surface area contributed by atoms with Crippen LogP contribution in [0.4, 0.5) is 8.78 Å². The van der Waals surface area contributed by atoms with E-state index in [4.69, 9.17) is 0 Å². The average molecular weight is 220 g/mol. The minimum atomic E-state index is -2.20. The van der Waals surface area contributed by atoms with Crippen molar-refractivity contribution in [2.24, 2.45) is 0 Å². The van der Waals surface area contributed by atoms with Gasteiger partial charge in [-0.05, 0) is 45.9 Å². The van der Waals surface area contributed by atoms with Crippen LogP contribution >= 0.6 is 0 Å². The summed E-state index contributed by atoms with van der Waals surface area (Å²) >= 11 is 0. The van der Waals surface area contributed by atoms with E-state index in [1.807, 2.05) is 11.9 Å². The van der Waals surface area contributed by atoms with Gasteiger partial charge in [0.05, 0.1) is 6.54 Å². The van der Waals surface area contributed by atoms with Crippen molar-refractivity contribution in [3.63, 3.8) is 0 Å². The van der Waals surface area contributed by atoms with Crippen LogP contribution in [0.5, 0.6) is 0 Å². The van der Waals surface area contributed by atoms with Crippen LogP contribution in [-0.4, -0.2) is 55.5 Å². The van der Waals surface area contributed by atoms with Crippen molar-refractivity contribution < 1.29 is 8.78 Å². The van der Waals surface area contributed by atoms with E-state index < -0.39 is 6.43 Å². The third-order valence-corrected chi connectivity index (χ3v) is 3.15. The number of alkyl halides is 2. The lowest BCUT2D eigenvalue weighted by Gasteiger charge is -2.36. The van der Waals surface area contributed by atoms with Crippen LogP contribution in [0.15, 0.2) is 0 Å². The highest BCUT2D eigenvalue weighted by atomic mass is 19.3. The molecular weight excluding hydrogens is 198 g/mol. The Labute approximate surface area is 91.2 Å². The molecule has 0 bridgehead atoms. The van der Waals surface area contributed by atoms with Gasteiger partial charge >= 0.3 is 0 Å². The SMILES string of the molecule is CCCN1CCC(N(C)CC(F)F)CC1. The van der Waals surface area contributed by atoms with E-state index in [9.17, 15) is 8.78 Å². The van der Waals surface area contributed by atoms with Gasteiger partial charge in [0.1, 0.15) is 0 Å². The Hall–Kier alpha value is -0.220. The molecule has 0 saturated carbocycles. The zero-order valence-electron chi connectivity index (χ0n) is 9.75. The maximum atomic E-state index is 12.2. The van der Waals surface area contributed by atoms with Crippen LogP contribution in [-0.2, 0) is 0 Å². The lowest BCUT2D eigenvalue weighted by molar-refractivity contribution is 0.0576. The van der Waals surface area contributed by atoms with Gasteiger partial charge in [0.2, 0.25) is 0 Å². The van der Waals surface area contributed by atoms with Crippen molar-refractivity contribution in [2.45, 2.75) is 38.7 Å². The van der Waals surface area contributed by atoms with Crippen molar-refractivity contribution in [3.8, 4) is 0 Å². The van der Waals surface area contributed by atoms with Gasteiger partial charge in [-0.25, -0.2) is 8.78 Å². The zero-order valence-corrected chi connectivity index (χ0v) is 9.75. The number of halogens is 2. The van der Waals surface area contributed by atoms with Crippen molar-refractivity contribution in [2.75, 3.05) is 33.2 Å². The van der Waals surface area contributed by atoms with Crippen LogP contribution < -0.4 is 0 Å². The van der Waals surface area contributed by atoms with E-state index in [1.54, 1.807) is 0 Å². The molecule has 0 N–H and O–H groups in total. The lowest BCUT2D eigenvalue weighted by atomic mass is 10.0. The number of piperidine rings is 1. The van der Waals surface area contributed by atoms with Crippen LogP contribution in [0, 0.1) is 0 Å². The first-order valence-corrected chi connectivity index (χ1v) is 5.84. The average Bonchev–Trinajstić information content (AvgIpc) is 2.18. The molecule has 1 aliphatic rings. The van der Waals surface area contributed by atoms with Gasteiger partial charge in [-0.15, -0.1) is 0 Å². The Morgan fingerprint density at radius 3 is 2.40 bits per heavy atom. The number of likely N-dealkylation sites (tertiary alicyclic amines) is 1. The molecule has 15 heavy (non-hydrogen) atoms. The molecule has 0 radical (unpaired) electrons. The Bertz CT molecular complexity index is 168. The van der Waals surface area contributed by atoms with Crippen LogP contribution in [0.1, 0.15) is 26.2 Å². The fourth-order valence-corrected chi connectivity index (χ4v) is 2.27. The Morgan fingerprint density at radius 1 is 1.33 bits per heavy atom. The van der Waals surface area contributed by atoms with E-state index in [-0.39, 0.29) is 6.54 Å². The standard InChI is InChI=1S/C11H22F2N2/c1-3-6-15-7-4-10(5-8-15)14(2)9-11(12)13/h10-11H,3-9H2,1-2H3. The van der Waals surface area contributed by atoms with E-state index in [0.717, 1.165) is 32.5 Å². The molecule has 2 nitrogen and oxygen atoms in total. The number of nitrogens with zero attached hydrogens (tertiary/aromatic N) is 2. The first-order valence-electron chi connectivity index (χ1n) is 5.84. The highest BCUT2D eigenvalue weighted by molar-refractivity contribution is 4.78. The molecule has 1 saturated heterocycles. The molecule has 1 rings (SSSR count). The predicted octanol–water partition coefficient (Wildman–Crippen LogP) is 2.06. The topological polar surface area (TPSA) is 6.48 Å². The summed E-state index contributed by atoms with van der Waals surface area (Å²) in [7, 11) is 1.81. The summed E-state index contributed by atoms with van der Waals surface area (Å²) in [4.78, 5) is 4.24. The van der Waals surface area contributed by atoms with Crippen molar-refractivity contribution in [1.82, 2.24) is 9.80 Å². The molecule has 0 aliphatic carbocycles. The molecule has 0 aromatic heterocycles. The fourth-order valence-electron chi connectivity index (χ4n) is 2.27. The zero-order chi connectivity index (χ0) is 11.3. The molecule has 0 spiro atoms. The second-order valence-corrected chi connectivity index (χ2v) is 4.40. The predicted molar refractivity (Wildman–Crippen MR) is 58.4 cm³/mol. The van der Waals surface area contributed by atoms with Crippen molar-refractivity contribution in [3.05, 3.63) is 0 Å². The van der Waals surface area contributed by atoms with E-state index in [1.165, 1.54) is 6.42 Å².